The molecule has 1 fully saturated rings. The van der Waals surface area contributed by atoms with Crippen molar-refractivity contribution in [2.45, 2.75) is 38.5 Å². The van der Waals surface area contributed by atoms with Gasteiger partial charge in [0.1, 0.15) is 0 Å². The summed E-state index contributed by atoms with van der Waals surface area (Å²) in [6.07, 6.45) is 2.60. The minimum atomic E-state index is -0.127. The van der Waals surface area contributed by atoms with Crippen molar-refractivity contribution in [1.29, 1.82) is 0 Å². The Labute approximate surface area is 93.5 Å². The summed E-state index contributed by atoms with van der Waals surface area (Å²) < 4.78 is 4.73. The molecular weight excluding hydrogens is 210 g/mol. The Morgan fingerprint density at radius 2 is 2.20 bits per heavy atom. The number of methoxy groups -OCH3 is 1. The molecule has 0 unspecified atom stereocenters. The van der Waals surface area contributed by atoms with Gasteiger partial charge in [0.05, 0.1) is 24.2 Å². The van der Waals surface area contributed by atoms with Crippen molar-refractivity contribution in [3.8, 4) is 0 Å². The molecule has 0 spiro atoms. The highest BCUT2D eigenvalue weighted by molar-refractivity contribution is 7.11. The molecule has 0 bridgehead atoms. The first kappa shape index (κ1) is 10.6. The van der Waals surface area contributed by atoms with Crippen molar-refractivity contribution in [2.24, 2.45) is 0 Å². The predicted molar refractivity (Wildman–Crippen MR) is 59.1 cm³/mol. The van der Waals surface area contributed by atoms with E-state index < -0.39 is 0 Å². The van der Waals surface area contributed by atoms with E-state index in [4.69, 9.17) is 4.74 Å². The van der Waals surface area contributed by atoms with E-state index in [1.54, 1.807) is 11.3 Å². The third-order valence-corrected chi connectivity index (χ3v) is 3.86. The lowest BCUT2D eigenvalue weighted by molar-refractivity contribution is -0.141. The third kappa shape index (κ3) is 1.91. The molecule has 1 saturated carbocycles. The van der Waals surface area contributed by atoms with Gasteiger partial charge in [-0.05, 0) is 26.7 Å². The lowest BCUT2D eigenvalue weighted by Gasteiger charge is -2.11. The van der Waals surface area contributed by atoms with Crippen LogP contribution in [0.2, 0.25) is 0 Å². The van der Waals surface area contributed by atoms with Crippen molar-refractivity contribution >= 4 is 17.3 Å². The molecular formula is C11H15NO2S. The standard InChI is InChI=1S/C11H15NO2S/c1-7-10(12-8(2)15-7)11(4-5-11)6-9(13)14-3/h4-6H2,1-3H3. The third-order valence-electron chi connectivity index (χ3n) is 2.97. The van der Waals surface area contributed by atoms with Crippen molar-refractivity contribution in [3.05, 3.63) is 15.6 Å². The van der Waals surface area contributed by atoms with Gasteiger partial charge in [0.15, 0.2) is 0 Å². The second-order valence-corrected chi connectivity index (χ2v) is 5.58. The van der Waals surface area contributed by atoms with Gasteiger partial charge in [-0.15, -0.1) is 11.3 Å². The summed E-state index contributed by atoms with van der Waals surface area (Å²) in [7, 11) is 1.44. The van der Waals surface area contributed by atoms with E-state index in [1.807, 2.05) is 6.92 Å². The Balaban J connectivity index is 2.23. The van der Waals surface area contributed by atoms with Crippen LogP contribution >= 0.6 is 11.3 Å². The number of carbonyl (C=O) groups is 1. The summed E-state index contributed by atoms with van der Waals surface area (Å²) in [4.78, 5) is 17.1. The van der Waals surface area contributed by atoms with E-state index in [9.17, 15) is 4.79 Å². The van der Waals surface area contributed by atoms with E-state index in [1.165, 1.54) is 12.0 Å². The van der Waals surface area contributed by atoms with Crippen LogP contribution < -0.4 is 0 Å². The maximum Gasteiger partial charge on any atom is 0.306 e. The molecule has 15 heavy (non-hydrogen) atoms. The number of carbonyl (C=O) groups excluding carboxylic acids is 1. The molecule has 1 aliphatic carbocycles. The predicted octanol–water partition coefficient (Wildman–Crippen LogP) is 2.35. The zero-order valence-corrected chi connectivity index (χ0v) is 10.1. The van der Waals surface area contributed by atoms with Crippen molar-refractivity contribution in [2.75, 3.05) is 7.11 Å². The average Bonchev–Trinajstić information content (AvgIpc) is 2.87. The highest BCUT2D eigenvalue weighted by atomic mass is 32.1. The molecule has 82 valence electrons. The largest absolute Gasteiger partial charge is 0.469 e. The van der Waals surface area contributed by atoms with Crippen molar-refractivity contribution in [3.63, 3.8) is 0 Å². The molecule has 0 amide bonds. The van der Waals surface area contributed by atoms with Crippen LogP contribution in [-0.2, 0) is 14.9 Å². The van der Waals surface area contributed by atoms with E-state index in [-0.39, 0.29) is 11.4 Å². The van der Waals surface area contributed by atoms with Crippen LogP contribution in [0.15, 0.2) is 0 Å². The number of ether oxygens (including phenoxy) is 1. The number of esters is 1. The number of aromatic nitrogens is 1. The Morgan fingerprint density at radius 3 is 2.60 bits per heavy atom. The Morgan fingerprint density at radius 1 is 1.53 bits per heavy atom. The van der Waals surface area contributed by atoms with Gasteiger partial charge in [-0.3, -0.25) is 4.79 Å². The maximum atomic E-state index is 11.3. The highest BCUT2D eigenvalue weighted by Crippen LogP contribution is 2.52. The summed E-state index contributed by atoms with van der Waals surface area (Å²) in [6, 6.07) is 0. The Bertz CT molecular complexity index is 393. The number of hydrogen-bond acceptors (Lipinski definition) is 4. The summed E-state index contributed by atoms with van der Waals surface area (Å²) in [5.41, 5.74) is 1.12. The monoisotopic (exact) mass is 225 g/mol. The normalized spacial score (nSPS) is 17.5. The number of aryl methyl sites for hydroxylation is 2. The molecule has 1 heterocycles. The van der Waals surface area contributed by atoms with Gasteiger partial charge in [0.2, 0.25) is 0 Å². The number of thiazole rings is 1. The first-order valence-corrected chi connectivity index (χ1v) is 5.90. The molecule has 0 N–H and O–H groups in total. The first-order chi connectivity index (χ1) is 7.07. The van der Waals surface area contributed by atoms with Gasteiger partial charge < -0.3 is 4.74 Å². The molecule has 1 aromatic heterocycles. The molecule has 2 rings (SSSR count). The van der Waals surface area contributed by atoms with Crippen LogP contribution in [0.4, 0.5) is 0 Å². The fourth-order valence-electron chi connectivity index (χ4n) is 2.02. The fraction of sp³-hybridized carbons (Fsp3) is 0.636. The maximum absolute atomic E-state index is 11.3. The Hall–Kier alpha value is -0.900. The molecule has 3 nitrogen and oxygen atoms in total. The van der Waals surface area contributed by atoms with Gasteiger partial charge in [0, 0.05) is 10.3 Å². The first-order valence-electron chi connectivity index (χ1n) is 5.09. The van der Waals surface area contributed by atoms with E-state index in [0.717, 1.165) is 23.5 Å². The van der Waals surface area contributed by atoms with E-state index in [0.29, 0.717) is 6.42 Å². The zero-order chi connectivity index (χ0) is 11.1. The topological polar surface area (TPSA) is 39.2 Å². The van der Waals surface area contributed by atoms with Crippen LogP contribution in [0.1, 0.15) is 34.8 Å². The molecule has 0 atom stereocenters. The average molecular weight is 225 g/mol. The second-order valence-electron chi connectivity index (χ2n) is 4.17. The summed E-state index contributed by atoms with van der Waals surface area (Å²) in [6.45, 7) is 4.09. The van der Waals surface area contributed by atoms with Gasteiger partial charge in [-0.1, -0.05) is 0 Å². The van der Waals surface area contributed by atoms with Gasteiger partial charge >= 0.3 is 5.97 Å². The lowest BCUT2D eigenvalue weighted by Crippen LogP contribution is -2.16. The van der Waals surface area contributed by atoms with Crippen LogP contribution in [0.25, 0.3) is 0 Å². The van der Waals surface area contributed by atoms with Gasteiger partial charge in [0.25, 0.3) is 0 Å². The Kier molecular flexibility index (Phi) is 2.54. The smallest absolute Gasteiger partial charge is 0.306 e. The van der Waals surface area contributed by atoms with Gasteiger partial charge in [-0.25, -0.2) is 4.98 Å². The molecule has 0 radical (unpaired) electrons. The van der Waals surface area contributed by atoms with Crippen LogP contribution in [0.5, 0.6) is 0 Å². The summed E-state index contributed by atoms with van der Waals surface area (Å²) in [5.74, 6) is -0.127. The summed E-state index contributed by atoms with van der Waals surface area (Å²) >= 11 is 1.71. The minimum absolute atomic E-state index is 0.00192. The number of hydrogen-bond donors (Lipinski definition) is 0. The van der Waals surface area contributed by atoms with Crippen molar-refractivity contribution < 1.29 is 9.53 Å². The van der Waals surface area contributed by atoms with Crippen LogP contribution in [0, 0.1) is 13.8 Å². The quantitative estimate of drug-likeness (QED) is 0.741. The molecule has 4 heteroatoms. The molecule has 0 aromatic carbocycles. The van der Waals surface area contributed by atoms with Crippen molar-refractivity contribution in [1.82, 2.24) is 4.98 Å². The minimum Gasteiger partial charge on any atom is -0.469 e. The molecule has 1 aliphatic rings. The molecule has 0 saturated heterocycles. The molecule has 0 aliphatic heterocycles. The lowest BCUT2D eigenvalue weighted by atomic mass is 9.97. The second kappa shape index (κ2) is 3.59. The highest BCUT2D eigenvalue weighted by Gasteiger charge is 2.49. The zero-order valence-electron chi connectivity index (χ0n) is 9.29. The van der Waals surface area contributed by atoms with E-state index in [2.05, 4.69) is 11.9 Å². The fourth-order valence-corrected chi connectivity index (χ4v) is 2.96. The van der Waals surface area contributed by atoms with Crippen LogP contribution in [-0.4, -0.2) is 18.1 Å². The van der Waals surface area contributed by atoms with E-state index >= 15 is 0 Å². The van der Waals surface area contributed by atoms with Crippen LogP contribution in [0.3, 0.4) is 0 Å². The molecule has 1 aromatic rings. The number of rotatable bonds is 3. The SMILES string of the molecule is COC(=O)CC1(c2nc(C)sc2C)CC1. The number of nitrogens with zero attached hydrogens (tertiary/aromatic N) is 1. The summed E-state index contributed by atoms with van der Waals surface area (Å²) in [5, 5.41) is 1.08. The van der Waals surface area contributed by atoms with Gasteiger partial charge in [-0.2, -0.15) is 0 Å².